The van der Waals surface area contributed by atoms with Crippen LogP contribution in [0.3, 0.4) is 0 Å². The lowest BCUT2D eigenvalue weighted by atomic mass is 10.1. The average Bonchev–Trinajstić information content (AvgIpc) is 2.63. The molecule has 2 N–H and O–H groups in total. The van der Waals surface area contributed by atoms with Gasteiger partial charge in [0.15, 0.2) is 0 Å². The van der Waals surface area contributed by atoms with Gasteiger partial charge < -0.3 is 10.4 Å². The summed E-state index contributed by atoms with van der Waals surface area (Å²) in [6, 6.07) is 0. The number of hydrogen-bond acceptors (Lipinski definition) is 4. The molecule has 5 nitrogen and oxygen atoms in total. The first kappa shape index (κ1) is 12.1. The van der Waals surface area contributed by atoms with Gasteiger partial charge in [-0.3, -0.25) is 4.68 Å². The van der Waals surface area contributed by atoms with E-state index in [-0.39, 0.29) is 6.61 Å². The number of hydrogen-bond donors (Lipinski definition) is 2. The van der Waals surface area contributed by atoms with Gasteiger partial charge in [0.05, 0.1) is 6.54 Å². The summed E-state index contributed by atoms with van der Waals surface area (Å²) in [4.78, 5) is 4.11. The average molecular weight is 212 g/mol. The molecule has 0 aliphatic heterocycles. The maximum Gasteiger partial charge on any atom is 0.140 e. The lowest BCUT2D eigenvalue weighted by Gasteiger charge is -2.07. The van der Waals surface area contributed by atoms with Crippen molar-refractivity contribution in [1.29, 1.82) is 0 Å². The third-order valence-electron chi connectivity index (χ3n) is 2.45. The summed E-state index contributed by atoms with van der Waals surface area (Å²) in [7, 11) is 1.89. The van der Waals surface area contributed by atoms with Crippen molar-refractivity contribution in [3.05, 3.63) is 12.2 Å². The van der Waals surface area contributed by atoms with Gasteiger partial charge in [0.25, 0.3) is 0 Å². The Morgan fingerprint density at radius 2 is 2.40 bits per heavy atom. The topological polar surface area (TPSA) is 63.0 Å². The Kier molecular flexibility index (Phi) is 5.28. The summed E-state index contributed by atoms with van der Waals surface area (Å²) in [5, 5.41) is 16.1. The van der Waals surface area contributed by atoms with E-state index in [0.29, 0.717) is 5.92 Å². The number of nitrogens with zero attached hydrogens (tertiary/aromatic N) is 3. The number of aromatic nitrogens is 3. The molecule has 0 aliphatic carbocycles. The highest BCUT2D eigenvalue weighted by Crippen LogP contribution is 2.02. The van der Waals surface area contributed by atoms with Gasteiger partial charge in [0, 0.05) is 13.7 Å². The van der Waals surface area contributed by atoms with Crippen LogP contribution in [0.2, 0.25) is 0 Å². The molecule has 0 aromatic carbocycles. The number of nitrogens with one attached hydrogen (secondary N) is 1. The predicted molar refractivity (Wildman–Crippen MR) is 58.2 cm³/mol. The standard InChI is InChI=1S/C10H20N4O/c1-9(7-15)4-3-5-11-6-10-12-8-13-14(10)2/h8-9,11,15H,3-7H2,1-2H3. The van der Waals surface area contributed by atoms with E-state index in [1.54, 1.807) is 11.0 Å². The van der Waals surface area contributed by atoms with Crippen molar-refractivity contribution in [3.63, 3.8) is 0 Å². The molecule has 0 bridgehead atoms. The van der Waals surface area contributed by atoms with Crippen LogP contribution in [0.15, 0.2) is 6.33 Å². The van der Waals surface area contributed by atoms with Gasteiger partial charge in [-0.2, -0.15) is 5.10 Å². The van der Waals surface area contributed by atoms with Gasteiger partial charge in [-0.1, -0.05) is 6.92 Å². The van der Waals surface area contributed by atoms with Crippen LogP contribution < -0.4 is 5.32 Å². The van der Waals surface area contributed by atoms with Crippen molar-refractivity contribution in [2.75, 3.05) is 13.2 Å². The van der Waals surface area contributed by atoms with Crippen LogP contribution in [0.4, 0.5) is 0 Å². The van der Waals surface area contributed by atoms with Crippen LogP contribution in [0.5, 0.6) is 0 Å². The van der Waals surface area contributed by atoms with Crippen LogP contribution in [-0.2, 0) is 13.6 Å². The molecule has 1 aromatic heterocycles. The van der Waals surface area contributed by atoms with E-state index in [2.05, 4.69) is 22.3 Å². The van der Waals surface area contributed by atoms with Gasteiger partial charge in [-0.25, -0.2) is 4.98 Å². The highest BCUT2D eigenvalue weighted by molar-refractivity contribution is 4.81. The molecule has 5 heteroatoms. The zero-order valence-corrected chi connectivity index (χ0v) is 9.48. The molecule has 0 aliphatic rings. The summed E-state index contributed by atoms with van der Waals surface area (Å²) < 4.78 is 1.77. The highest BCUT2D eigenvalue weighted by Gasteiger charge is 2.01. The molecule has 0 spiro atoms. The van der Waals surface area contributed by atoms with Crippen LogP contribution in [0, 0.1) is 5.92 Å². The quantitative estimate of drug-likeness (QED) is 0.639. The van der Waals surface area contributed by atoms with E-state index in [4.69, 9.17) is 5.11 Å². The second-order valence-corrected chi connectivity index (χ2v) is 3.91. The molecule has 1 heterocycles. The summed E-state index contributed by atoms with van der Waals surface area (Å²) in [6.45, 7) is 4.05. The zero-order chi connectivity index (χ0) is 11.1. The fourth-order valence-electron chi connectivity index (χ4n) is 1.35. The maximum atomic E-state index is 8.84. The van der Waals surface area contributed by atoms with Crippen LogP contribution in [-0.4, -0.2) is 33.0 Å². The smallest absolute Gasteiger partial charge is 0.140 e. The summed E-state index contributed by atoms with van der Waals surface area (Å²) in [6.07, 6.45) is 3.70. The minimum atomic E-state index is 0.281. The number of rotatable bonds is 7. The molecule has 0 amide bonds. The maximum absolute atomic E-state index is 8.84. The molecule has 15 heavy (non-hydrogen) atoms. The number of aliphatic hydroxyl groups is 1. The van der Waals surface area contributed by atoms with Crippen molar-refractivity contribution < 1.29 is 5.11 Å². The van der Waals surface area contributed by atoms with Gasteiger partial charge >= 0.3 is 0 Å². The SMILES string of the molecule is CC(CO)CCCNCc1ncnn1C. The zero-order valence-electron chi connectivity index (χ0n) is 9.48. The molecular formula is C10H20N4O. The third kappa shape index (κ3) is 4.40. The van der Waals surface area contributed by atoms with Crippen molar-refractivity contribution in [3.8, 4) is 0 Å². The molecule has 0 fully saturated rings. The van der Waals surface area contributed by atoms with Crippen molar-refractivity contribution in [2.45, 2.75) is 26.3 Å². The molecule has 0 saturated heterocycles. The van der Waals surface area contributed by atoms with Crippen molar-refractivity contribution >= 4 is 0 Å². The Bertz CT molecular complexity index is 274. The van der Waals surface area contributed by atoms with Crippen LogP contribution >= 0.6 is 0 Å². The Labute approximate surface area is 90.5 Å². The molecule has 0 saturated carbocycles. The largest absolute Gasteiger partial charge is 0.396 e. The van der Waals surface area contributed by atoms with Crippen LogP contribution in [0.25, 0.3) is 0 Å². The first-order chi connectivity index (χ1) is 7.24. The third-order valence-corrected chi connectivity index (χ3v) is 2.45. The fraction of sp³-hybridized carbons (Fsp3) is 0.800. The Morgan fingerprint density at radius 1 is 1.60 bits per heavy atom. The van der Waals surface area contributed by atoms with Crippen molar-refractivity contribution in [1.82, 2.24) is 20.1 Å². The lowest BCUT2D eigenvalue weighted by Crippen LogP contribution is -2.18. The Hall–Kier alpha value is -0.940. The molecule has 1 unspecified atom stereocenters. The van der Waals surface area contributed by atoms with Crippen LogP contribution in [0.1, 0.15) is 25.6 Å². The number of aryl methyl sites for hydroxylation is 1. The first-order valence-corrected chi connectivity index (χ1v) is 5.38. The minimum Gasteiger partial charge on any atom is -0.396 e. The molecule has 86 valence electrons. The second kappa shape index (κ2) is 6.53. The monoisotopic (exact) mass is 212 g/mol. The normalized spacial score (nSPS) is 13.0. The summed E-state index contributed by atoms with van der Waals surface area (Å²) in [5.74, 6) is 1.35. The fourth-order valence-corrected chi connectivity index (χ4v) is 1.35. The number of aliphatic hydroxyl groups excluding tert-OH is 1. The van der Waals surface area contributed by atoms with Gasteiger partial charge in [0.1, 0.15) is 12.2 Å². The summed E-state index contributed by atoms with van der Waals surface area (Å²) >= 11 is 0. The molecule has 0 radical (unpaired) electrons. The Balaban J connectivity index is 2.05. The molecule has 1 atom stereocenters. The summed E-state index contributed by atoms with van der Waals surface area (Å²) in [5.41, 5.74) is 0. The molecular weight excluding hydrogens is 192 g/mol. The van der Waals surface area contributed by atoms with E-state index < -0.39 is 0 Å². The molecule has 1 rings (SSSR count). The van der Waals surface area contributed by atoms with E-state index >= 15 is 0 Å². The van der Waals surface area contributed by atoms with E-state index in [0.717, 1.165) is 31.8 Å². The Morgan fingerprint density at radius 3 is 3.00 bits per heavy atom. The second-order valence-electron chi connectivity index (χ2n) is 3.91. The predicted octanol–water partition coefficient (Wildman–Crippen LogP) is 0.313. The molecule has 1 aromatic rings. The van der Waals surface area contributed by atoms with Crippen molar-refractivity contribution in [2.24, 2.45) is 13.0 Å². The lowest BCUT2D eigenvalue weighted by molar-refractivity contribution is 0.228. The van der Waals surface area contributed by atoms with Gasteiger partial charge in [-0.15, -0.1) is 0 Å². The van der Waals surface area contributed by atoms with Gasteiger partial charge in [0.2, 0.25) is 0 Å². The van der Waals surface area contributed by atoms with E-state index in [1.807, 2.05) is 7.05 Å². The van der Waals surface area contributed by atoms with Gasteiger partial charge in [-0.05, 0) is 25.3 Å². The van der Waals surface area contributed by atoms with E-state index in [1.165, 1.54) is 0 Å². The van der Waals surface area contributed by atoms with E-state index in [9.17, 15) is 0 Å². The first-order valence-electron chi connectivity index (χ1n) is 5.38. The highest BCUT2D eigenvalue weighted by atomic mass is 16.3. The minimum absolute atomic E-state index is 0.281.